The first-order valence-electron chi connectivity index (χ1n) is 10.5. The molecule has 1 heterocycles. The van der Waals surface area contributed by atoms with Crippen LogP contribution in [0.5, 0.6) is 0 Å². The summed E-state index contributed by atoms with van der Waals surface area (Å²) < 4.78 is 11.4. The van der Waals surface area contributed by atoms with Gasteiger partial charge in [-0.2, -0.15) is 0 Å². The van der Waals surface area contributed by atoms with Crippen molar-refractivity contribution < 1.29 is 28.7 Å². The van der Waals surface area contributed by atoms with Crippen LogP contribution >= 0.6 is 0 Å². The third kappa shape index (κ3) is 2.42. The first kappa shape index (κ1) is 20.8. The van der Waals surface area contributed by atoms with E-state index in [0.29, 0.717) is 18.4 Å². The van der Waals surface area contributed by atoms with E-state index in [-0.39, 0.29) is 12.0 Å². The minimum absolute atomic E-state index is 0.0432. The molecule has 2 saturated carbocycles. The number of carbonyl (C=O) groups is 4. The Morgan fingerprint density at radius 1 is 1.30 bits per heavy atom. The van der Waals surface area contributed by atoms with Crippen molar-refractivity contribution in [1.82, 2.24) is 0 Å². The minimum Gasteiger partial charge on any atom is -0.464 e. The SMILES string of the molecule is C=C1C(=O)[C@@]23C(=O)OC[C@]4(C=CCC(C)(C)[C@H]4C=O)[C@@H]2CC[C@@H]1[C@H]3OC(=O)/C=C/C. The fourth-order valence-electron chi connectivity index (χ4n) is 6.57. The third-order valence-corrected chi connectivity index (χ3v) is 7.86. The summed E-state index contributed by atoms with van der Waals surface area (Å²) in [6.07, 6.45) is 8.64. The van der Waals surface area contributed by atoms with Gasteiger partial charge in [-0.15, -0.1) is 0 Å². The van der Waals surface area contributed by atoms with E-state index in [2.05, 4.69) is 6.58 Å². The molecule has 0 aromatic heterocycles. The molecule has 0 unspecified atom stereocenters. The van der Waals surface area contributed by atoms with E-state index in [9.17, 15) is 19.2 Å². The highest BCUT2D eigenvalue weighted by Gasteiger charge is 2.76. The Morgan fingerprint density at radius 2 is 2.03 bits per heavy atom. The number of carbonyl (C=O) groups excluding carboxylic acids is 4. The van der Waals surface area contributed by atoms with Gasteiger partial charge in [-0.05, 0) is 43.1 Å². The number of hydrogen-bond acceptors (Lipinski definition) is 6. The first-order valence-corrected chi connectivity index (χ1v) is 10.5. The van der Waals surface area contributed by atoms with Gasteiger partial charge in [0.2, 0.25) is 0 Å². The third-order valence-electron chi connectivity index (χ3n) is 7.86. The van der Waals surface area contributed by atoms with Crippen LogP contribution in [0.15, 0.2) is 36.5 Å². The number of Topliss-reactive ketones (excluding diaryl/α,β-unsaturated/α-hetero) is 1. The lowest BCUT2D eigenvalue weighted by atomic mass is 9.46. The fourth-order valence-corrected chi connectivity index (χ4v) is 6.57. The Morgan fingerprint density at radius 3 is 2.70 bits per heavy atom. The second-order valence-corrected chi connectivity index (χ2v) is 9.71. The summed E-state index contributed by atoms with van der Waals surface area (Å²) in [5, 5.41) is 0. The van der Waals surface area contributed by atoms with Crippen molar-refractivity contribution in [3.05, 3.63) is 36.5 Å². The van der Waals surface area contributed by atoms with E-state index in [1.807, 2.05) is 26.0 Å². The Kier molecular flexibility index (Phi) is 4.68. The Hall–Kier alpha value is -2.50. The monoisotopic (exact) mass is 412 g/mol. The van der Waals surface area contributed by atoms with Gasteiger partial charge in [-0.1, -0.05) is 38.7 Å². The van der Waals surface area contributed by atoms with Gasteiger partial charge in [-0.3, -0.25) is 9.59 Å². The van der Waals surface area contributed by atoms with Crippen molar-refractivity contribution in [2.24, 2.45) is 34.0 Å². The summed E-state index contributed by atoms with van der Waals surface area (Å²) in [6, 6.07) is 0. The smallest absolute Gasteiger partial charge is 0.330 e. The molecule has 1 saturated heterocycles. The van der Waals surface area contributed by atoms with E-state index in [0.717, 1.165) is 12.7 Å². The molecule has 3 aliphatic carbocycles. The molecule has 0 aromatic rings. The molecule has 30 heavy (non-hydrogen) atoms. The maximum atomic E-state index is 13.6. The zero-order chi connectivity index (χ0) is 21.9. The number of cyclic esters (lactones) is 1. The van der Waals surface area contributed by atoms with Crippen molar-refractivity contribution in [3.63, 3.8) is 0 Å². The molecule has 160 valence electrons. The van der Waals surface area contributed by atoms with Gasteiger partial charge in [0.05, 0.1) is 0 Å². The molecule has 6 heteroatoms. The van der Waals surface area contributed by atoms with Crippen LogP contribution in [0.3, 0.4) is 0 Å². The quantitative estimate of drug-likeness (QED) is 0.233. The molecule has 6 atom stereocenters. The standard InChI is InChI=1S/C24H28O6/c1-5-7-18(26)30-20-15-8-9-16-23(11-6-10-22(3,4)17(23)12-25)13-29-21(28)24(16,20)19(27)14(15)2/h5-7,11-12,15-17,20H,2,8-10,13H2,1,3-4H3/b7-5+/t15-,16-,17+,20+,23+,24-/m0/s1. The highest BCUT2D eigenvalue weighted by atomic mass is 16.6. The number of aldehydes is 1. The normalized spacial score (nSPS) is 41.6. The van der Waals surface area contributed by atoms with E-state index < -0.39 is 52.4 Å². The first-order chi connectivity index (χ1) is 14.2. The van der Waals surface area contributed by atoms with Gasteiger partial charge in [0.1, 0.15) is 19.0 Å². The van der Waals surface area contributed by atoms with E-state index in [4.69, 9.17) is 9.47 Å². The molecular formula is C24H28O6. The number of ketones is 1. The zero-order valence-corrected chi connectivity index (χ0v) is 17.7. The molecule has 0 N–H and O–H groups in total. The summed E-state index contributed by atoms with van der Waals surface area (Å²) in [4.78, 5) is 51.5. The van der Waals surface area contributed by atoms with Crippen molar-refractivity contribution in [2.45, 2.75) is 46.1 Å². The molecule has 4 aliphatic rings. The van der Waals surface area contributed by atoms with Crippen LogP contribution < -0.4 is 0 Å². The summed E-state index contributed by atoms with van der Waals surface area (Å²) in [5.74, 6) is -3.02. The summed E-state index contributed by atoms with van der Waals surface area (Å²) in [6.45, 7) is 9.72. The predicted octanol–water partition coefficient (Wildman–Crippen LogP) is 2.97. The highest BCUT2D eigenvalue weighted by Crippen LogP contribution is 2.67. The largest absolute Gasteiger partial charge is 0.464 e. The molecule has 3 fully saturated rings. The maximum absolute atomic E-state index is 13.6. The Labute approximate surface area is 176 Å². The van der Waals surface area contributed by atoms with Gasteiger partial charge in [-0.25, -0.2) is 4.79 Å². The van der Waals surface area contributed by atoms with Crippen LogP contribution in [0.4, 0.5) is 0 Å². The summed E-state index contributed by atoms with van der Waals surface area (Å²) in [7, 11) is 0. The second-order valence-electron chi connectivity index (χ2n) is 9.71. The molecular weight excluding hydrogens is 384 g/mol. The average Bonchev–Trinajstić information content (AvgIpc) is 2.80. The lowest BCUT2D eigenvalue weighted by molar-refractivity contribution is -0.215. The Bertz CT molecular complexity index is 895. The Balaban J connectivity index is 1.90. The molecule has 2 spiro atoms. The van der Waals surface area contributed by atoms with Gasteiger partial charge in [0.15, 0.2) is 11.2 Å². The van der Waals surface area contributed by atoms with Crippen LogP contribution in [-0.4, -0.2) is 36.7 Å². The van der Waals surface area contributed by atoms with Gasteiger partial charge >= 0.3 is 11.9 Å². The average molecular weight is 412 g/mol. The minimum atomic E-state index is -1.64. The van der Waals surface area contributed by atoms with Crippen LogP contribution in [-0.2, 0) is 28.7 Å². The summed E-state index contributed by atoms with van der Waals surface area (Å²) >= 11 is 0. The number of hydrogen-bond donors (Lipinski definition) is 0. The topological polar surface area (TPSA) is 86.7 Å². The predicted molar refractivity (Wildman–Crippen MR) is 108 cm³/mol. The van der Waals surface area contributed by atoms with Crippen molar-refractivity contribution in [2.75, 3.05) is 6.61 Å². The number of ether oxygens (including phenoxy) is 2. The molecule has 1 aliphatic heterocycles. The van der Waals surface area contributed by atoms with E-state index in [1.165, 1.54) is 6.08 Å². The molecule has 0 aromatic carbocycles. The number of allylic oxidation sites excluding steroid dienone is 2. The van der Waals surface area contributed by atoms with E-state index in [1.54, 1.807) is 13.0 Å². The van der Waals surface area contributed by atoms with Gasteiger partial charge in [0.25, 0.3) is 0 Å². The second kappa shape index (κ2) is 6.76. The van der Waals surface area contributed by atoms with Crippen molar-refractivity contribution >= 4 is 24.0 Å². The van der Waals surface area contributed by atoms with Crippen LogP contribution in [0.25, 0.3) is 0 Å². The number of esters is 2. The molecule has 0 amide bonds. The highest BCUT2D eigenvalue weighted by molar-refractivity contribution is 6.16. The fraction of sp³-hybridized carbons (Fsp3) is 0.583. The molecule has 4 rings (SSSR count). The maximum Gasteiger partial charge on any atom is 0.330 e. The van der Waals surface area contributed by atoms with Gasteiger partial charge in [0, 0.05) is 23.3 Å². The lowest BCUT2D eigenvalue weighted by Crippen LogP contribution is -2.66. The van der Waals surface area contributed by atoms with Crippen LogP contribution in [0, 0.1) is 34.0 Å². The van der Waals surface area contributed by atoms with Crippen molar-refractivity contribution in [3.8, 4) is 0 Å². The van der Waals surface area contributed by atoms with Crippen LogP contribution in [0.2, 0.25) is 0 Å². The van der Waals surface area contributed by atoms with Crippen molar-refractivity contribution in [1.29, 1.82) is 0 Å². The van der Waals surface area contributed by atoms with Crippen LogP contribution in [0.1, 0.15) is 40.0 Å². The van der Waals surface area contributed by atoms with E-state index >= 15 is 0 Å². The van der Waals surface area contributed by atoms with Gasteiger partial charge < -0.3 is 14.3 Å². The molecule has 2 bridgehead atoms. The number of rotatable bonds is 3. The number of fused-ring (bicyclic) bond motifs is 2. The zero-order valence-electron chi connectivity index (χ0n) is 17.7. The summed E-state index contributed by atoms with van der Waals surface area (Å²) in [5.41, 5.74) is -2.50. The molecule has 6 nitrogen and oxygen atoms in total. The molecule has 0 radical (unpaired) electrons. The lowest BCUT2D eigenvalue weighted by Gasteiger charge is -2.58.